The van der Waals surface area contributed by atoms with Gasteiger partial charge in [-0.1, -0.05) is 0 Å². The third-order valence-corrected chi connectivity index (χ3v) is 5.43. The summed E-state index contributed by atoms with van der Waals surface area (Å²) in [5, 5.41) is -0.294. The van der Waals surface area contributed by atoms with E-state index in [0.29, 0.717) is 19.0 Å². The predicted molar refractivity (Wildman–Crippen MR) is 66.9 cm³/mol. The minimum atomic E-state index is -3.03. The van der Waals surface area contributed by atoms with Crippen molar-refractivity contribution in [3.63, 3.8) is 0 Å². The molecule has 0 atom stereocenters. The largest absolute Gasteiger partial charge is 0.309 e. The smallest absolute Gasteiger partial charge is 0.216 e. The average Bonchev–Trinajstić information content (AvgIpc) is 2.17. The van der Waals surface area contributed by atoms with Crippen LogP contribution in [0.1, 0.15) is 26.7 Å². The minimum absolute atomic E-state index is 0.294. The van der Waals surface area contributed by atoms with Crippen LogP contribution in [0, 0.1) is 5.92 Å². The highest BCUT2D eigenvalue weighted by Crippen LogP contribution is 2.21. The first-order valence-electron chi connectivity index (χ1n) is 5.97. The van der Waals surface area contributed by atoms with Crippen LogP contribution < -0.4 is 0 Å². The number of nitrogens with zero attached hydrogens (tertiary/aromatic N) is 2. The lowest BCUT2D eigenvalue weighted by atomic mass is 9.98. The first kappa shape index (κ1) is 13.9. The van der Waals surface area contributed by atoms with Gasteiger partial charge in [-0.05, 0) is 46.7 Å². The summed E-state index contributed by atoms with van der Waals surface area (Å²) in [6, 6.07) is 0. The first-order chi connectivity index (χ1) is 7.34. The van der Waals surface area contributed by atoms with Crippen molar-refractivity contribution in [1.29, 1.82) is 0 Å². The van der Waals surface area contributed by atoms with Crippen molar-refractivity contribution in [1.82, 2.24) is 9.21 Å². The maximum absolute atomic E-state index is 11.9. The first-order valence-corrected chi connectivity index (χ1v) is 7.48. The van der Waals surface area contributed by atoms with Gasteiger partial charge in [-0.15, -0.1) is 0 Å². The fourth-order valence-electron chi connectivity index (χ4n) is 2.16. The van der Waals surface area contributed by atoms with Crippen LogP contribution in [0.2, 0.25) is 0 Å². The van der Waals surface area contributed by atoms with Gasteiger partial charge in [0.1, 0.15) is 0 Å². The van der Waals surface area contributed by atoms with Crippen molar-refractivity contribution in [2.24, 2.45) is 5.92 Å². The van der Waals surface area contributed by atoms with Crippen LogP contribution in [-0.2, 0) is 10.0 Å². The second kappa shape index (κ2) is 5.47. The van der Waals surface area contributed by atoms with Crippen molar-refractivity contribution in [3.05, 3.63) is 0 Å². The lowest BCUT2D eigenvalue weighted by Gasteiger charge is -2.33. The Kier molecular flexibility index (Phi) is 4.76. The van der Waals surface area contributed by atoms with E-state index in [4.69, 9.17) is 0 Å². The minimum Gasteiger partial charge on any atom is -0.309 e. The third kappa shape index (κ3) is 3.43. The van der Waals surface area contributed by atoms with E-state index < -0.39 is 10.0 Å². The lowest BCUT2D eigenvalue weighted by molar-refractivity contribution is 0.224. The van der Waals surface area contributed by atoms with Gasteiger partial charge >= 0.3 is 0 Å². The number of rotatable bonds is 4. The molecule has 0 bridgehead atoms. The second-order valence-corrected chi connectivity index (χ2v) is 7.69. The van der Waals surface area contributed by atoms with Crippen molar-refractivity contribution < 1.29 is 8.42 Å². The van der Waals surface area contributed by atoms with Crippen molar-refractivity contribution in [3.8, 4) is 0 Å². The van der Waals surface area contributed by atoms with Gasteiger partial charge in [0.15, 0.2) is 0 Å². The highest BCUT2D eigenvalue weighted by atomic mass is 32.2. The zero-order chi connectivity index (χ0) is 12.3. The Balaban J connectivity index is 2.49. The predicted octanol–water partition coefficient (Wildman–Crippen LogP) is 0.998. The Bertz CT molecular complexity index is 304. The molecule has 0 unspecified atom stereocenters. The van der Waals surface area contributed by atoms with Crippen molar-refractivity contribution in [2.75, 3.05) is 33.7 Å². The molecule has 0 amide bonds. The topological polar surface area (TPSA) is 40.6 Å². The van der Waals surface area contributed by atoms with Crippen LogP contribution in [0.5, 0.6) is 0 Å². The molecule has 0 spiro atoms. The Morgan fingerprint density at radius 2 is 1.75 bits per heavy atom. The van der Waals surface area contributed by atoms with E-state index in [9.17, 15) is 8.42 Å². The maximum atomic E-state index is 11.9. The number of hydrogen-bond acceptors (Lipinski definition) is 3. The Hall–Kier alpha value is -0.130. The molecule has 4 nitrogen and oxygen atoms in total. The van der Waals surface area contributed by atoms with Crippen LogP contribution >= 0.6 is 0 Å². The van der Waals surface area contributed by atoms with Gasteiger partial charge in [-0.3, -0.25) is 0 Å². The molecule has 1 saturated heterocycles. The zero-order valence-electron chi connectivity index (χ0n) is 10.8. The van der Waals surface area contributed by atoms with Gasteiger partial charge in [0.05, 0.1) is 5.25 Å². The lowest BCUT2D eigenvalue weighted by Crippen LogP contribution is -2.43. The average molecular weight is 248 g/mol. The fraction of sp³-hybridized carbons (Fsp3) is 1.00. The molecule has 0 saturated carbocycles. The van der Waals surface area contributed by atoms with Crippen LogP contribution in [0.4, 0.5) is 0 Å². The zero-order valence-corrected chi connectivity index (χ0v) is 11.6. The van der Waals surface area contributed by atoms with Gasteiger partial charge < -0.3 is 4.90 Å². The SMILES string of the molecule is CC(C)S(=O)(=O)N1CCC(CN(C)C)CC1. The molecule has 0 radical (unpaired) electrons. The molecule has 1 heterocycles. The van der Waals surface area contributed by atoms with Gasteiger partial charge in [-0.25, -0.2) is 12.7 Å². The normalized spacial score (nSPS) is 20.9. The number of sulfonamides is 1. The van der Waals surface area contributed by atoms with Crippen molar-refractivity contribution in [2.45, 2.75) is 31.9 Å². The summed E-state index contributed by atoms with van der Waals surface area (Å²) in [6.45, 7) is 5.95. The summed E-state index contributed by atoms with van der Waals surface area (Å²) in [7, 11) is 1.10. The summed E-state index contributed by atoms with van der Waals surface area (Å²) in [5.74, 6) is 0.647. The van der Waals surface area contributed by atoms with E-state index in [1.807, 2.05) is 0 Å². The molecule has 1 aliphatic heterocycles. The molecule has 1 fully saturated rings. The fourth-order valence-corrected chi connectivity index (χ4v) is 3.48. The monoisotopic (exact) mass is 248 g/mol. The molecule has 96 valence electrons. The molecular weight excluding hydrogens is 224 g/mol. The Morgan fingerprint density at radius 3 is 2.12 bits per heavy atom. The number of hydrogen-bond donors (Lipinski definition) is 0. The van der Waals surface area contributed by atoms with E-state index in [-0.39, 0.29) is 5.25 Å². The molecular formula is C11H24N2O2S. The van der Waals surface area contributed by atoms with Crippen LogP contribution in [0.25, 0.3) is 0 Å². The van der Waals surface area contributed by atoms with E-state index in [2.05, 4.69) is 19.0 Å². The summed E-state index contributed by atoms with van der Waals surface area (Å²) < 4.78 is 25.5. The van der Waals surface area contributed by atoms with E-state index >= 15 is 0 Å². The molecule has 0 aromatic rings. The van der Waals surface area contributed by atoms with Gasteiger partial charge in [-0.2, -0.15) is 0 Å². The van der Waals surface area contributed by atoms with Gasteiger partial charge in [0, 0.05) is 19.6 Å². The molecule has 0 aliphatic carbocycles. The summed E-state index contributed by atoms with van der Waals surface area (Å²) in [5.41, 5.74) is 0. The molecule has 1 aliphatic rings. The van der Waals surface area contributed by atoms with Crippen molar-refractivity contribution >= 4 is 10.0 Å². The second-order valence-electron chi connectivity index (χ2n) is 5.20. The molecule has 1 rings (SSSR count). The molecule has 0 aromatic carbocycles. The Morgan fingerprint density at radius 1 is 1.25 bits per heavy atom. The molecule has 5 heteroatoms. The van der Waals surface area contributed by atoms with Gasteiger partial charge in [0.25, 0.3) is 0 Å². The van der Waals surface area contributed by atoms with Crippen LogP contribution in [0.15, 0.2) is 0 Å². The summed E-state index contributed by atoms with van der Waals surface area (Å²) in [4.78, 5) is 2.18. The standard InChI is InChI=1S/C11H24N2O2S/c1-10(2)16(14,15)13-7-5-11(6-8-13)9-12(3)4/h10-11H,5-9H2,1-4H3. The summed E-state index contributed by atoms with van der Waals surface area (Å²) in [6.07, 6.45) is 1.98. The molecule has 16 heavy (non-hydrogen) atoms. The summed E-state index contributed by atoms with van der Waals surface area (Å²) >= 11 is 0. The molecule has 0 N–H and O–H groups in total. The quantitative estimate of drug-likeness (QED) is 0.745. The van der Waals surface area contributed by atoms with Gasteiger partial charge in [0.2, 0.25) is 10.0 Å². The van der Waals surface area contributed by atoms with E-state index in [1.165, 1.54) is 0 Å². The third-order valence-electron chi connectivity index (χ3n) is 3.15. The molecule has 0 aromatic heterocycles. The number of piperidine rings is 1. The van der Waals surface area contributed by atoms with Crippen LogP contribution in [0.3, 0.4) is 0 Å². The van der Waals surface area contributed by atoms with E-state index in [1.54, 1.807) is 18.2 Å². The highest BCUT2D eigenvalue weighted by molar-refractivity contribution is 7.89. The van der Waals surface area contributed by atoms with Crippen LogP contribution in [-0.4, -0.2) is 56.6 Å². The maximum Gasteiger partial charge on any atom is 0.216 e. The Labute approximate surface area is 99.7 Å². The highest BCUT2D eigenvalue weighted by Gasteiger charge is 2.29. The van der Waals surface area contributed by atoms with E-state index in [0.717, 1.165) is 19.4 Å².